The van der Waals surface area contributed by atoms with Crippen LogP contribution >= 0.6 is 0 Å². The SMILES string of the molecule is COc1ccc(C2=NN(C3CCN(C(=O)[C@@H](Cc4ccc(C)cc4)NC(=O)c4c[nH]c5c(-c6c(OCC7CC7)ccc7c6OCO7)ncnc45)CC3)C(=O)[C@@H]3CCCC[C@H]23)cc1OC. The van der Waals surface area contributed by atoms with E-state index in [-0.39, 0.29) is 48.5 Å². The Kier molecular flexibility index (Phi) is 11.3. The maximum absolute atomic E-state index is 14.6. The molecule has 2 saturated carbocycles. The molecule has 0 spiro atoms. The molecule has 3 amide bonds. The van der Waals surface area contributed by atoms with Crippen molar-refractivity contribution in [1.29, 1.82) is 0 Å². The maximum atomic E-state index is 14.6. The second-order valence-electron chi connectivity index (χ2n) is 17.6. The van der Waals surface area contributed by atoms with Crippen molar-refractivity contribution in [1.82, 2.24) is 30.2 Å². The van der Waals surface area contributed by atoms with Crippen molar-refractivity contribution in [2.24, 2.45) is 22.9 Å². The van der Waals surface area contributed by atoms with Gasteiger partial charge in [-0.05, 0) is 87.3 Å². The van der Waals surface area contributed by atoms with Crippen LogP contribution in [0, 0.1) is 24.7 Å². The lowest BCUT2D eigenvalue weighted by molar-refractivity contribution is -0.143. The van der Waals surface area contributed by atoms with Gasteiger partial charge in [0.25, 0.3) is 5.91 Å². The highest BCUT2D eigenvalue weighted by atomic mass is 16.7. The number of hydrogen-bond donors (Lipinski definition) is 2. The van der Waals surface area contributed by atoms with Crippen LogP contribution in [0.5, 0.6) is 28.7 Å². The number of amides is 3. The van der Waals surface area contributed by atoms with E-state index in [2.05, 4.69) is 20.3 Å². The predicted octanol–water partition coefficient (Wildman–Crippen LogP) is 6.85. The molecule has 2 aliphatic carbocycles. The number of hydrogen-bond acceptors (Lipinski definition) is 11. The number of nitrogens with zero attached hydrogens (tertiary/aromatic N) is 5. The molecule has 2 N–H and O–H groups in total. The summed E-state index contributed by atoms with van der Waals surface area (Å²) < 4.78 is 29.1. The minimum absolute atomic E-state index is 0.0321. The molecular weight excluding hydrogens is 815 g/mol. The first-order valence-corrected chi connectivity index (χ1v) is 22.4. The molecule has 332 valence electrons. The number of carbonyl (C=O) groups is 3. The molecule has 1 saturated heterocycles. The Bertz CT molecular complexity index is 2620. The number of likely N-dealkylation sites (tertiary alicyclic amines) is 1. The average molecular weight is 868 g/mol. The fourth-order valence-electron chi connectivity index (χ4n) is 9.73. The van der Waals surface area contributed by atoms with Crippen LogP contribution in [0.15, 0.2) is 72.2 Å². The van der Waals surface area contributed by atoms with Crippen molar-refractivity contribution in [3.63, 3.8) is 0 Å². The van der Waals surface area contributed by atoms with Crippen molar-refractivity contribution < 1.29 is 38.1 Å². The summed E-state index contributed by atoms with van der Waals surface area (Å²) in [6.07, 6.45) is 10.5. The van der Waals surface area contributed by atoms with Gasteiger partial charge in [-0.1, -0.05) is 42.7 Å². The molecule has 5 heterocycles. The molecule has 5 aromatic rings. The quantitative estimate of drug-likeness (QED) is 0.128. The van der Waals surface area contributed by atoms with Crippen LogP contribution in [-0.2, 0) is 16.0 Å². The number of carbonyl (C=O) groups excluding carboxylic acids is 3. The molecule has 0 unspecified atom stereocenters. The Morgan fingerprint density at radius 1 is 0.891 bits per heavy atom. The molecule has 0 radical (unpaired) electrons. The van der Waals surface area contributed by atoms with E-state index in [1.807, 2.05) is 66.4 Å². The zero-order valence-corrected chi connectivity index (χ0v) is 36.4. The Balaban J connectivity index is 0.894. The van der Waals surface area contributed by atoms with Crippen LogP contribution < -0.4 is 29.0 Å². The molecule has 64 heavy (non-hydrogen) atoms. The zero-order chi connectivity index (χ0) is 43.9. The van der Waals surface area contributed by atoms with Gasteiger partial charge in [0.2, 0.25) is 18.6 Å². The molecule has 15 heteroatoms. The standard InChI is InChI=1S/C49H53N7O8/c1-28-8-10-29(11-9-28)22-36(53-47(57)35-24-50-45-43(35)51-26-52-44(45)41-38(62-25-30-12-13-30)16-17-39-46(41)64-27-63-39)49(59)55-20-18-32(19-21-55)56-48(58)34-7-5-4-6-33(34)42(54-56)31-14-15-37(60-2)40(23-31)61-3/h8-11,14-17,23-24,26,30,32-34,36,50H,4-7,12-13,18-22,25,27H2,1-3H3,(H,53,57)/t33-,34+,36+/m0/s1. The number of rotatable bonds is 13. The minimum Gasteiger partial charge on any atom is -0.493 e. The first kappa shape index (κ1) is 41.4. The molecular formula is C49H53N7O8. The van der Waals surface area contributed by atoms with Crippen LogP contribution in [0.25, 0.3) is 22.3 Å². The fraction of sp³-hybridized carbons (Fsp3) is 0.429. The van der Waals surface area contributed by atoms with Gasteiger partial charge < -0.3 is 38.9 Å². The van der Waals surface area contributed by atoms with Gasteiger partial charge >= 0.3 is 0 Å². The van der Waals surface area contributed by atoms with Crippen molar-refractivity contribution in [2.75, 3.05) is 40.7 Å². The van der Waals surface area contributed by atoms with E-state index < -0.39 is 11.9 Å². The summed E-state index contributed by atoms with van der Waals surface area (Å²) in [5, 5.41) is 9.91. The van der Waals surface area contributed by atoms with Crippen LogP contribution in [-0.4, -0.2) is 101 Å². The van der Waals surface area contributed by atoms with E-state index in [0.29, 0.717) is 89.5 Å². The van der Waals surface area contributed by atoms with Gasteiger partial charge in [0, 0.05) is 43.1 Å². The third-order valence-electron chi connectivity index (χ3n) is 13.5. The second kappa shape index (κ2) is 17.5. The first-order valence-electron chi connectivity index (χ1n) is 22.4. The lowest BCUT2D eigenvalue weighted by Gasteiger charge is -2.43. The van der Waals surface area contributed by atoms with Gasteiger partial charge in [0.05, 0.1) is 49.2 Å². The summed E-state index contributed by atoms with van der Waals surface area (Å²) in [6, 6.07) is 16.4. The normalized spacial score (nSPS) is 20.1. The van der Waals surface area contributed by atoms with Crippen LogP contribution in [0.2, 0.25) is 0 Å². The second-order valence-corrected chi connectivity index (χ2v) is 17.6. The van der Waals surface area contributed by atoms with Crippen molar-refractivity contribution in [2.45, 2.75) is 76.8 Å². The van der Waals surface area contributed by atoms with E-state index in [9.17, 15) is 14.4 Å². The number of benzene rings is 3. The lowest BCUT2D eigenvalue weighted by atomic mass is 9.73. The summed E-state index contributed by atoms with van der Waals surface area (Å²) in [6.45, 7) is 3.48. The molecule has 3 aromatic carbocycles. The highest BCUT2D eigenvalue weighted by Gasteiger charge is 2.44. The third kappa shape index (κ3) is 7.96. The van der Waals surface area contributed by atoms with Crippen LogP contribution in [0.4, 0.5) is 0 Å². The number of nitrogens with one attached hydrogen (secondary N) is 2. The molecule has 10 rings (SSSR count). The maximum Gasteiger partial charge on any atom is 0.255 e. The van der Waals surface area contributed by atoms with Gasteiger partial charge in [0.15, 0.2) is 23.0 Å². The number of piperidine rings is 1. The zero-order valence-electron chi connectivity index (χ0n) is 36.4. The van der Waals surface area contributed by atoms with Gasteiger partial charge in [0.1, 0.15) is 29.3 Å². The van der Waals surface area contributed by atoms with E-state index in [0.717, 1.165) is 60.9 Å². The van der Waals surface area contributed by atoms with Crippen molar-refractivity contribution in [3.05, 3.63) is 89.4 Å². The third-order valence-corrected chi connectivity index (χ3v) is 13.5. The number of hydrazone groups is 1. The van der Waals surface area contributed by atoms with Gasteiger partial charge in [-0.15, -0.1) is 0 Å². The number of aromatic nitrogens is 3. The predicted molar refractivity (Wildman–Crippen MR) is 238 cm³/mol. The number of aryl methyl sites for hydroxylation is 1. The number of aromatic amines is 1. The van der Waals surface area contributed by atoms with Crippen LogP contribution in [0.3, 0.4) is 0 Å². The Morgan fingerprint density at radius 2 is 1.66 bits per heavy atom. The summed E-state index contributed by atoms with van der Waals surface area (Å²) in [7, 11) is 3.23. The Labute approximate surface area is 371 Å². The molecule has 2 aromatic heterocycles. The smallest absolute Gasteiger partial charge is 0.255 e. The first-order chi connectivity index (χ1) is 31.3. The topological polar surface area (TPSA) is 170 Å². The average Bonchev–Trinajstić information content (AvgIpc) is 3.85. The molecule has 5 aliphatic rings. The number of ether oxygens (including phenoxy) is 5. The van der Waals surface area contributed by atoms with E-state index in [1.165, 1.54) is 6.33 Å². The van der Waals surface area contributed by atoms with E-state index in [4.69, 9.17) is 28.8 Å². The van der Waals surface area contributed by atoms with E-state index in [1.54, 1.807) is 25.4 Å². The summed E-state index contributed by atoms with van der Waals surface area (Å²) in [5.74, 6) is 2.80. The molecule has 3 atom stereocenters. The fourth-order valence-corrected chi connectivity index (χ4v) is 9.73. The Hall–Kier alpha value is -6.64. The summed E-state index contributed by atoms with van der Waals surface area (Å²) in [4.78, 5) is 57.4. The molecule has 3 fully saturated rings. The number of H-pyrrole nitrogens is 1. The van der Waals surface area contributed by atoms with Gasteiger partial charge in [-0.2, -0.15) is 5.10 Å². The van der Waals surface area contributed by atoms with Gasteiger partial charge in [-0.25, -0.2) is 15.0 Å². The van der Waals surface area contributed by atoms with Crippen LogP contribution in [0.1, 0.15) is 78.4 Å². The molecule has 0 bridgehead atoms. The monoisotopic (exact) mass is 867 g/mol. The number of fused-ring (bicyclic) bond motifs is 3. The highest BCUT2D eigenvalue weighted by Crippen LogP contribution is 2.48. The van der Waals surface area contributed by atoms with E-state index >= 15 is 0 Å². The molecule has 15 nitrogen and oxygen atoms in total. The van der Waals surface area contributed by atoms with Gasteiger partial charge in [-0.3, -0.25) is 14.4 Å². The number of methoxy groups -OCH3 is 2. The largest absolute Gasteiger partial charge is 0.493 e. The summed E-state index contributed by atoms with van der Waals surface area (Å²) >= 11 is 0. The molecule has 3 aliphatic heterocycles. The summed E-state index contributed by atoms with van der Waals surface area (Å²) in [5.41, 5.74) is 6.17. The van der Waals surface area contributed by atoms with Crippen molar-refractivity contribution in [3.8, 4) is 40.0 Å². The Morgan fingerprint density at radius 3 is 2.42 bits per heavy atom. The minimum atomic E-state index is -0.877. The highest BCUT2D eigenvalue weighted by molar-refractivity contribution is 6.09. The van der Waals surface area contributed by atoms with Crippen molar-refractivity contribution >= 4 is 34.5 Å². The lowest BCUT2D eigenvalue weighted by Crippen LogP contribution is -2.55.